The molecule has 0 spiro atoms. The lowest BCUT2D eigenvalue weighted by Crippen LogP contribution is -2.58. The lowest BCUT2D eigenvalue weighted by molar-refractivity contribution is -0.925. The summed E-state index contributed by atoms with van der Waals surface area (Å²) >= 11 is 0. The van der Waals surface area contributed by atoms with Crippen molar-refractivity contribution in [2.24, 2.45) is 0 Å². The minimum Gasteiger partial charge on any atom is -0.345 e. The van der Waals surface area contributed by atoms with E-state index >= 15 is 0 Å². The zero-order valence-corrected chi connectivity index (χ0v) is 27.0. The zero-order valence-electron chi connectivity index (χ0n) is 26.1. The zero-order chi connectivity index (χ0) is 34.3. The summed E-state index contributed by atoms with van der Waals surface area (Å²) in [5.74, 6) is 0.607. The van der Waals surface area contributed by atoms with Crippen LogP contribution < -0.4 is 10.2 Å². The summed E-state index contributed by atoms with van der Waals surface area (Å²) in [7, 11) is -1.20. The number of hydrogen-bond donors (Lipinski definition) is 3. The van der Waals surface area contributed by atoms with Crippen LogP contribution in [0.15, 0.2) is 54.7 Å². The number of rotatable bonds is 9. The van der Waals surface area contributed by atoms with E-state index in [4.69, 9.17) is 19.3 Å². The van der Waals surface area contributed by atoms with E-state index in [0.717, 1.165) is 23.3 Å². The van der Waals surface area contributed by atoms with Crippen molar-refractivity contribution >= 4 is 13.6 Å². The highest BCUT2D eigenvalue weighted by Crippen LogP contribution is 2.45. The van der Waals surface area contributed by atoms with Gasteiger partial charge >= 0.3 is 20.2 Å². The number of nitrogens with zero attached hydrogens (tertiary/aromatic N) is 3. The summed E-state index contributed by atoms with van der Waals surface area (Å²) in [4.78, 5) is 25.0. The summed E-state index contributed by atoms with van der Waals surface area (Å²) in [5, 5.41) is 3.14. The first-order valence-corrected chi connectivity index (χ1v) is 16.0. The minimum atomic E-state index is -4.98. The molecule has 0 bridgehead atoms. The van der Waals surface area contributed by atoms with Gasteiger partial charge in [-0.3, -0.25) is 0 Å². The molecule has 1 saturated heterocycles. The van der Waals surface area contributed by atoms with Crippen LogP contribution in [0.1, 0.15) is 47.7 Å². The molecule has 46 heavy (non-hydrogen) atoms. The Morgan fingerprint density at radius 1 is 0.957 bits per heavy atom. The molecule has 4 rings (SSSR count). The number of aryl methyl sites for hydroxylation is 1. The number of phosphoric ester groups is 1. The SMILES string of the molecule is CNC(c1cnc(N2CC[N+](C)(COP(=O)(O)O)CC2)cc1-c1ccccc1C)C(C)(C)c1cc(C(F)(F)F)cc(C(F)(F)F)c1. The molecule has 1 atom stereocenters. The second kappa shape index (κ2) is 12.9. The van der Waals surface area contributed by atoms with Crippen LogP contribution in [0.25, 0.3) is 11.1 Å². The second-order valence-electron chi connectivity index (χ2n) is 12.5. The molecule has 3 aromatic rings. The molecule has 0 saturated carbocycles. The maximum absolute atomic E-state index is 13.8. The third kappa shape index (κ3) is 8.10. The smallest absolute Gasteiger partial charge is 0.345 e. The van der Waals surface area contributed by atoms with Gasteiger partial charge in [0.2, 0.25) is 0 Å². The highest BCUT2D eigenvalue weighted by atomic mass is 31.2. The molecule has 8 nitrogen and oxygen atoms in total. The molecular weight excluding hydrogens is 637 g/mol. The van der Waals surface area contributed by atoms with Crippen LogP contribution in [0.5, 0.6) is 0 Å². The van der Waals surface area contributed by atoms with Crippen molar-refractivity contribution in [3.8, 4) is 11.1 Å². The Labute approximate surface area is 263 Å². The number of likely N-dealkylation sites (N-methyl/N-ethyl adjacent to an activating group) is 2. The molecule has 1 fully saturated rings. The van der Waals surface area contributed by atoms with Crippen LogP contribution in [0.3, 0.4) is 0 Å². The van der Waals surface area contributed by atoms with Crippen LogP contribution >= 0.6 is 7.82 Å². The molecule has 0 aliphatic carbocycles. The Balaban J connectivity index is 1.78. The predicted octanol–water partition coefficient (Wildman–Crippen LogP) is 6.67. The number of piperazine rings is 1. The van der Waals surface area contributed by atoms with Crippen molar-refractivity contribution in [2.45, 2.75) is 44.6 Å². The number of benzene rings is 2. The number of phosphoric acid groups is 1. The number of nitrogens with one attached hydrogen (secondary N) is 1. The lowest BCUT2D eigenvalue weighted by Gasteiger charge is -2.42. The number of alkyl halides is 6. The molecule has 1 aromatic heterocycles. The summed E-state index contributed by atoms with van der Waals surface area (Å²) in [6, 6.07) is 10.3. The van der Waals surface area contributed by atoms with Crippen LogP contribution in [-0.2, 0) is 26.9 Å². The van der Waals surface area contributed by atoms with Crippen molar-refractivity contribution in [1.29, 1.82) is 0 Å². The van der Waals surface area contributed by atoms with Gasteiger partial charge in [-0.15, -0.1) is 0 Å². The first kappa shape index (κ1) is 35.8. The lowest BCUT2D eigenvalue weighted by atomic mass is 9.73. The number of anilines is 1. The van der Waals surface area contributed by atoms with Crippen LogP contribution in [0.2, 0.25) is 0 Å². The molecule has 1 aliphatic heterocycles. The Hall–Kier alpha value is -3.00. The molecule has 15 heteroatoms. The maximum Gasteiger partial charge on any atom is 0.474 e. The second-order valence-corrected chi connectivity index (χ2v) is 13.7. The van der Waals surface area contributed by atoms with E-state index in [9.17, 15) is 30.9 Å². The summed E-state index contributed by atoms with van der Waals surface area (Å²) < 4.78 is 99.0. The predicted molar refractivity (Wildman–Crippen MR) is 162 cm³/mol. The van der Waals surface area contributed by atoms with E-state index in [2.05, 4.69) is 5.32 Å². The van der Waals surface area contributed by atoms with Crippen LogP contribution in [0, 0.1) is 6.92 Å². The highest BCUT2D eigenvalue weighted by Gasteiger charge is 2.41. The Kier molecular flexibility index (Phi) is 10.0. The molecule has 1 unspecified atom stereocenters. The molecule has 2 aromatic carbocycles. The fraction of sp³-hybridized carbons (Fsp3) is 0.452. The average molecular weight is 676 g/mol. The molecule has 252 valence electrons. The van der Waals surface area contributed by atoms with Gasteiger partial charge in [-0.2, -0.15) is 26.3 Å². The first-order valence-electron chi connectivity index (χ1n) is 14.5. The van der Waals surface area contributed by atoms with Crippen LogP contribution in [-0.4, -0.2) is 66.3 Å². The highest BCUT2D eigenvalue weighted by molar-refractivity contribution is 7.46. The summed E-state index contributed by atoms with van der Waals surface area (Å²) in [5.41, 5.74) is -1.15. The van der Waals surface area contributed by atoms with E-state index < -0.39 is 42.8 Å². The Morgan fingerprint density at radius 2 is 1.50 bits per heavy atom. The molecule has 3 N–H and O–H groups in total. The fourth-order valence-corrected chi connectivity index (χ4v) is 6.31. The normalized spacial score (nSPS) is 16.8. The average Bonchev–Trinajstić information content (AvgIpc) is 2.96. The minimum absolute atomic E-state index is 0.129. The van der Waals surface area contributed by atoms with E-state index in [1.165, 1.54) is 0 Å². The summed E-state index contributed by atoms with van der Waals surface area (Å²) in [6.45, 7) is 6.94. The maximum atomic E-state index is 13.8. The van der Waals surface area contributed by atoms with E-state index in [0.29, 0.717) is 43.1 Å². The first-order chi connectivity index (χ1) is 21.1. The number of aromatic nitrogens is 1. The van der Waals surface area contributed by atoms with Gasteiger partial charge in [-0.1, -0.05) is 38.1 Å². The van der Waals surface area contributed by atoms with Gasteiger partial charge in [0.1, 0.15) is 5.82 Å². The van der Waals surface area contributed by atoms with Gasteiger partial charge in [0.05, 0.1) is 44.4 Å². The van der Waals surface area contributed by atoms with Crippen molar-refractivity contribution in [2.75, 3.05) is 51.9 Å². The Bertz CT molecular complexity index is 1570. The van der Waals surface area contributed by atoms with Crippen LogP contribution in [0.4, 0.5) is 32.2 Å². The fourth-order valence-electron chi connectivity index (χ4n) is 5.89. The van der Waals surface area contributed by atoms with Gasteiger partial charge in [-0.05, 0) is 66.1 Å². The molecule has 0 amide bonds. The third-order valence-electron chi connectivity index (χ3n) is 8.69. The van der Waals surface area contributed by atoms with Crippen molar-refractivity contribution < 1.29 is 49.7 Å². The van der Waals surface area contributed by atoms with Crippen molar-refractivity contribution in [3.63, 3.8) is 0 Å². The van der Waals surface area contributed by atoms with E-state index in [-0.39, 0.29) is 22.8 Å². The van der Waals surface area contributed by atoms with Gasteiger partial charge < -0.3 is 24.5 Å². The Morgan fingerprint density at radius 3 is 2.00 bits per heavy atom. The molecule has 0 radical (unpaired) electrons. The third-order valence-corrected chi connectivity index (χ3v) is 9.14. The largest absolute Gasteiger partial charge is 0.474 e. The van der Waals surface area contributed by atoms with Gasteiger partial charge in [0, 0.05) is 17.7 Å². The number of quaternary nitrogens is 1. The number of halogens is 6. The van der Waals surface area contributed by atoms with Gasteiger partial charge in [-0.25, -0.2) is 14.1 Å². The summed E-state index contributed by atoms with van der Waals surface area (Å²) in [6.07, 6.45) is -8.36. The van der Waals surface area contributed by atoms with Gasteiger partial charge in [0.25, 0.3) is 0 Å². The van der Waals surface area contributed by atoms with Crippen molar-refractivity contribution in [1.82, 2.24) is 10.3 Å². The molecule has 2 heterocycles. The van der Waals surface area contributed by atoms with Crippen molar-refractivity contribution in [3.05, 3.63) is 82.5 Å². The molecular formula is C31H38F6N4O4P+. The quantitative estimate of drug-likeness (QED) is 0.133. The monoisotopic (exact) mass is 675 g/mol. The van der Waals surface area contributed by atoms with Gasteiger partial charge in [0.15, 0.2) is 6.73 Å². The van der Waals surface area contributed by atoms with E-state index in [1.807, 2.05) is 49.2 Å². The number of hydrogen-bond acceptors (Lipinski definition) is 5. The van der Waals surface area contributed by atoms with E-state index in [1.54, 1.807) is 27.1 Å². The standard InChI is InChI=1S/C31H37F6N4O4P/c1-20-8-6-7-9-24(20)25-17-27(40-10-12-41(5,13-11-40)19-45-46(42,43)44)39-18-26(25)28(38-4)29(2,3)21-14-22(30(32,33)34)16-23(15-21)31(35,36)37/h6-9,14-18,28,38H,10-13,19H2,1-5H3,(H-,42,43,44)/p+1. The topological polar surface area (TPSA) is 94.9 Å². The molecule has 1 aliphatic rings. The number of pyridine rings is 1.